The molecule has 0 spiro atoms. The number of nitrogens with zero attached hydrogens (tertiary/aromatic N) is 2. The lowest BCUT2D eigenvalue weighted by atomic mass is 10.2. The van der Waals surface area contributed by atoms with E-state index in [2.05, 4.69) is 17.8 Å². The van der Waals surface area contributed by atoms with Crippen molar-refractivity contribution in [3.8, 4) is 0 Å². The number of benzene rings is 1. The lowest BCUT2D eigenvalue weighted by molar-refractivity contribution is 0.190. The van der Waals surface area contributed by atoms with E-state index in [1.165, 1.54) is 6.39 Å². The van der Waals surface area contributed by atoms with Crippen molar-refractivity contribution in [3.05, 3.63) is 67.5 Å². The Morgan fingerprint density at radius 1 is 1.37 bits per heavy atom. The summed E-state index contributed by atoms with van der Waals surface area (Å²) >= 11 is 0. The highest BCUT2D eigenvalue weighted by Gasteiger charge is 2.29. The Bertz CT molecular complexity index is 575. The fourth-order valence-corrected chi connectivity index (χ4v) is 1.95. The smallest absolute Gasteiger partial charge is 0.192 e. The van der Waals surface area contributed by atoms with Gasteiger partial charge in [-0.3, -0.25) is 4.90 Å². The summed E-state index contributed by atoms with van der Waals surface area (Å²) in [7, 11) is 0. The van der Waals surface area contributed by atoms with E-state index in [-0.39, 0.29) is 6.23 Å². The Balaban J connectivity index is 1.92. The Hall–Kier alpha value is -2.49. The molecule has 0 bridgehead atoms. The number of hydrogen-bond acceptors (Lipinski definition) is 4. The van der Waals surface area contributed by atoms with Gasteiger partial charge in [0.15, 0.2) is 24.1 Å². The molecule has 0 saturated carbocycles. The summed E-state index contributed by atoms with van der Waals surface area (Å²) in [5.74, 6) is 1.14. The lowest BCUT2D eigenvalue weighted by Gasteiger charge is -2.22. The summed E-state index contributed by atoms with van der Waals surface area (Å²) in [6, 6.07) is 9.96. The number of para-hydroxylation sites is 1. The van der Waals surface area contributed by atoms with Crippen LogP contribution in [0.3, 0.4) is 0 Å². The summed E-state index contributed by atoms with van der Waals surface area (Å²) in [5, 5.41) is 0. The number of anilines is 1. The Labute approximate surface area is 111 Å². The maximum Gasteiger partial charge on any atom is 0.192 e. The van der Waals surface area contributed by atoms with Gasteiger partial charge in [-0.25, -0.2) is 4.98 Å². The molecule has 3 rings (SSSR count). The van der Waals surface area contributed by atoms with Gasteiger partial charge < -0.3 is 9.15 Å². The number of oxazole rings is 1. The van der Waals surface area contributed by atoms with Gasteiger partial charge in [0.05, 0.1) is 6.20 Å². The van der Waals surface area contributed by atoms with Gasteiger partial charge in [-0.05, 0) is 12.1 Å². The summed E-state index contributed by atoms with van der Waals surface area (Å²) in [6.45, 7) is 3.76. The minimum absolute atomic E-state index is 0.153. The molecular formula is C15H13N2O2. The predicted molar refractivity (Wildman–Crippen MR) is 71.8 cm³/mol. The van der Waals surface area contributed by atoms with Crippen LogP contribution in [0.1, 0.15) is 12.2 Å². The van der Waals surface area contributed by atoms with Crippen molar-refractivity contribution < 1.29 is 9.15 Å². The molecule has 0 amide bonds. The van der Waals surface area contributed by atoms with Crippen molar-refractivity contribution in [2.75, 3.05) is 4.90 Å². The fourth-order valence-electron chi connectivity index (χ4n) is 1.95. The normalized spacial score (nSPS) is 18.0. The van der Waals surface area contributed by atoms with E-state index in [9.17, 15) is 0 Å². The summed E-state index contributed by atoms with van der Waals surface area (Å²) in [6.07, 6.45) is 8.55. The molecule has 1 aliphatic rings. The van der Waals surface area contributed by atoms with Crippen LogP contribution in [-0.4, -0.2) is 11.2 Å². The minimum Gasteiger partial charge on any atom is -0.464 e. The number of aromatic nitrogens is 1. The van der Waals surface area contributed by atoms with Crippen molar-refractivity contribution >= 4 is 11.4 Å². The number of hydrogen-bond donors (Lipinski definition) is 0. The second-order valence-electron chi connectivity index (χ2n) is 4.11. The molecule has 19 heavy (non-hydrogen) atoms. The van der Waals surface area contributed by atoms with E-state index >= 15 is 0 Å². The van der Waals surface area contributed by atoms with Crippen LogP contribution in [0.5, 0.6) is 0 Å². The van der Waals surface area contributed by atoms with Crippen LogP contribution in [0.15, 0.2) is 60.0 Å². The van der Waals surface area contributed by atoms with Crippen molar-refractivity contribution in [2.24, 2.45) is 0 Å². The molecule has 1 aromatic heterocycles. The Kier molecular flexibility index (Phi) is 3.06. The third-order valence-corrected chi connectivity index (χ3v) is 2.82. The van der Waals surface area contributed by atoms with Gasteiger partial charge in [0.2, 0.25) is 0 Å². The van der Waals surface area contributed by atoms with Crippen LogP contribution in [0.4, 0.5) is 5.69 Å². The van der Waals surface area contributed by atoms with Gasteiger partial charge in [0.25, 0.3) is 0 Å². The van der Waals surface area contributed by atoms with E-state index in [1.807, 2.05) is 41.3 Å². The van der Waals surface area contributed by atoms with Crippen LogP contribution in [0.2, 0.25) is 0 Å². The van der Waals surface area contributed by atoms with E-state index < -0.39 is 0 Å². The van der Waals surface area contributed by atoms with Crippen LogP contribution in [0.25, 0.3) is 5.76 Å². The largest absolute Gasteiger partial charge is 0.464 e. The van der Waals surface area contributed by atoms with Crippen LogP contribution in [0, 0.1) is 6.20 Å². The van der Waals surface area contributed by atoms with E-state index in [0.29, 0.717) is 17.9 Å². The first kappa shape index (κ1) is 11.6. The van der Waals surface area contributed by atoms with Crippen molar-refractivity contribution in [1.29, 1.82) is 0 Å². The van der Waals surface area contributed by atoms with Gasteiger partial charge in [0.1, 0.15) is 6.20 Å². The highest BCUT2D eigenvalue weighted by atomic mass is 16.5. The molecule has 0 saturated heterocycles. The van der Waals surface area contributed by atoms with Crippen molar-refractivity contribution in [2.45, 2.75) is 12.6 Å². The second kappa shape index (κ2) is 5.02. The zero-order valence-electron chi connectivity index (χ0n) is 10.3. The molecule has 4 nitrogen and oxygen atoms in total. The van der Waals surface area contributed by atoms with E-state index in [1.54, 1.807) is 6.20 Å². The first-order chi connectivity index (χ1) is 9.38. The summed E-state index contributed by atoms with van der Waals surface area (Å²) in [4.78, 5) is 5.83. The summed E-state index contributed by atoms with van der Waals surface area (Å²) < 4.78 is 11.1. The maximum absolute atomic E-state index is 5.84. The molecule has 1 aliphatic heterocycles. The molecule has 0 fully saturated rings. The predicted octanol–water partition coefficient (Wildman–Crippen LogP) is 3.22. The minimum atomic E-state index is -0.153. The first-order valence-electron chi connectivity index (χ1n) is 6.03. The van der Waals surface area contributed by atoms with Crippen LogP contribution >= 0.6 is 0 Å². The van der Waals surface area contributed by atoms with Crippen molar-refractivity contribution in [3.63, 3.8) is 0 Å². The van der Waals surface area contributed by atoms with Gasteiger partial charge in [-0.15, -0.1) is 6.58 Å². The average Bonchev–Trinajstić information content (AvgIpc) is 3.08. The molecule has 95 valence electrons. The molecule has 2 heterocycles. The molecule has 1 radical (unpaired) electrons. The SMILES string of the molecule is C=CCC1OC(c2cnco2)=[C]N1c1ccccc1. The Morgan fingerprint density at radius 3 is 2.89 bits per heavy atom. The molecule has 1 aromatic carbocycles. The number of rotatable bonds is 4. The standard InChI is InChI=1S/C15H13N2O2/c1-2-6-15-17(12-7-4-3-5-8-12)10-14(19-15)13-9-16-11-18-13/h2-5,7-9,11,15H,1,6H2. The average molecular weight is 253 g/mol. The molecule has 1 atom stereocenters. The van der Waals surface area contributed by atoms with Crippen LogP contribution in [-0.2, 0) is 4.74 Å². The zero-order chi connectivity index (χ0) is 13.1. The highest BCUT2D eigenvalue weighted by Crippen LogP contribution is 2.31. The molecule has 4 heteroatoms. The van der Waals surface area contributed by atoms with Gasteiger partial charge in [0, 0.05) is 12.1 Å². The van der Waals surface area contributed by atoms with Crippen LogP contribution < -0.4 is 4.90 Å². The Morgan fingerprint density at radius 2 is 2.21 bits per heavy atom. The van der Waals surface area contributed by atoms with Gasteiger partial charge in [-0.2, -0.15) is 0 Å². The quantitative estimate of drug-likeness (QED) is 0.784. The monoisotopic (exact) mass is 253 g/mol. The highest BCUT2D eigenvalue weighted by molar-refractivity contribution is 5.61. The first-order valence-corrected chi connectivity index (χ1v) is 6.03. The van der Waals surface area contributed by atoms with E-state index in [0.717, 1.165) is 5.69 Å². The molecule has 0 aliphatic carbocycles. The fraction of sp³-hybridized carbons (Fsp3) is 0.133. The molecular weight excluding hydrogens is 240 g/mol. The second-order valence-corrected chi connectivity index (χ2v) is 4.11. The van der Waals surface area contributed by atoms with Crippen molar-refractivity contribution in [1.82, 2.24) is 4.98 Å². The third kappa shape index (κ3) is 2.25. The van der Waals surface area contributed by atoms with E-state index in [4.69, 9.17) is 9.15 Å². The maximum atomic E-state index is 5.84. The summed E-state index contributed by atoms with van der Waals surface area (Å²) in [5.41, 5.74) is 1.02. The molecule has 0 N–H and O–H groups in total. The third-order valence-electron chi connectivity index (χ3n) is 2.82. The number of ether oxygens (including phenoxy) is 1. The zero-order valence-corrected chi connectivity index (χ0v) is 10.3. The van der Waals surface area contributed by atoms with Gasteiger partial charge >= 0.3 is 0 Å². The van der Waals surface area contributed by atoms with Gasteiger partial charge in [-0.1, -0.05) is 24.3 Å². The lowest BCUT2D eigenvalue weighted by Crippen LogP contribution is -2.27. The molecule has 1 unspecified atom stereocenters. The molecule has 2 aromatic rings. The topological polar surface area (TPSA) is 38.5 Å².